The van der Waals surface area contributed by atoms with Crippen LogP contribution in [-0.2, 0) is 6.54 Å². The van der Waals surface area contributed by atoms with Crippen LogP contribution < -0.4 is 10.1 Å². The second-order valence-corrected chi connectivity index (χ2v) is 10.0. The van der Waals surface area contributed by atoms with Gasteiger partial charge in [0.2, 0.25) is 0 Å². The number of ether oxygens (including phenoxy) is 1. The Kier molecular flexibility index (Phi) is 7.28. The van der Waals surface area contributed by atoms with E-state index in [1.165, 1.54) is 33.6 Å². The van der Waals surface area contributed by atoms with Gasteiger partial charge in [0.1, 0.15) is 23.6 Å². The molecule has 0 bridgehead atoms. The van der Waals surface area contributed by atoms with Gasteiger partial charge in [-0.2, -0.15) is 23.8 Å². The summed E-state index contributed by atoms with van der Waals surface area (Å²) in [6, 6.07) is 6.01. The van der Waals surface area contributed by atoms with Crippen molar-refractivity contribution in [1.29, 1.82) is 0 Å². The molecule has 5 heterocycles. The van der Waals surface area contributed by atoms with Gasteiger partial charge in [-0.15, -0.1) is 10.2 Å². The highest BCUT2D eigenvalue weighted by Gasteiger charge is 2.24. The number of nitrogens with one attached hydrogen (secondary N) is 1. The SMILES string of the molecule is CN1CCC(n2nnc(Cn3cc(NC(=O)c4cnn5cccnc45)c(-c4cc(Cl)ccc4OC(F)F)n3)n2)CC1. The minimum Gasteiger partial charge on any atom is -0.434 e. The number of rotatable bonds is 8. The zero-order valence-corrected chi connectivity index (χ0v) is 22.5. The van der Waals surface area contributed by atoms with Gasteiger partial charge in [0, 0.05) is 29.2 Å². The van der Waals surface area contributed by atoms with Gasteiger partial charge in [-0.05, 0) is 62.5 Å². The lowest BCUT2D eigenvalue weighted by Crippen LogP contribution is -2.32. The van der Waals surface area contributed by atoms with Gasteiger partial charge in [-0.1, -0.05) is 11.6 Å². The third kappa shape index (κ3) is 5.71. The number of carbonyl (C=O) groups excluding carboxylic acids is 1. The second-order valence-electron chi connectivity index (χ2n) is 9.57. The first kappa shape index (κ1) is 26.7. The first-order valence-electron chi connectivity index (χ1n) is 12.7. The minimum absolute atomic E-state index is 0.110. The van der Waals surface area contributed by atoms with Crippen LogP contribution in [0.5, 0.6) is 5.75 Å². The van der Waals surface area contributed by atoms with Crippen molar-refractivity contribution >= 4 is 28.8 Å². The molecule has 212 valence electrons. The third-order valence-electron chi connectivity index (χ3n) is 6.73. The fourth-order valence-electron chi connectivity index (χ4n) is 4.70. The van der Waals surface area contributed by atoms with E-state index in [0.717, 1.165) is 25.9 Å². The van der Waals surface area contributed by atoms with E-state index in [2.05, 4.69) is 47.9 Å². The lowest BCUT2D eigenvalue weighted by molar-refractivity contribution is -0.0494. The average molecular weight is 584 g/mol. The molecule has 0 unspecified atom stereocenters. The van der Waals surface area contributed by atoms with Gasteiger partial charge in [-0.25, -0.2) is 9.50 Å². The van der Waals surface area contributed by atoms with E-state index in [0.29, 0.717) is 11.5 Å². The number of nitrogens with zero attached hydrogens (tertiary/aromatic N) is 10. The van der Waals surface area contributed by atoms with Crippen LogP contribution in [-0.4, -0.2) is 82.1 Å². The molecule has 1 aliphatic heterocycles. The Morgan fingerprint density at radius 3 is 2.88 bits per heavy atom. The number of benzene rings is 1. The fourth-order valence-corrected chi connectivity index (χ4v) is 4.87. The normalized spacial score (nSPS) is 14.7. The van der Waals surface area contributed by atoms with Crippen molar-refractivity contribution < 1.29 is 18.3 Å². The second kappa shape index (κ2) is 11.2. The van der Waals surface area contributed by atoms with Crippen molar-refractivity contribution in [3.05, 3.63) is 65.5 Å². The number of piperidine rings is 1. The van der Waals surface area contributed by atoms with Gasteiger partial charge in [0.05, 0.1) is 17.9 Å². The molecule has 41 heavy (non-hydrogen) atoms. The summed E-state index contributed by atoms with van der Waals surface area (Å²) in [5, 5.41) is 24.7. The minimum atomic E-state index is -3.08. The highest BCUT2D eigenvalue weighted by atomic mass is 35.5. The molecule has 1 amide bonds. The molecular formula is C25H24ClF2N11O2. The number of alkyl halides is 2. The van der Waals surface area contributed by atoms with Gasteiger partial charge >= 0.3 is 6.61 Å². The number of hydrogen-bond donors (Lipinski definition) is 1. The number of halogens is 3. The summed E-state index contributed by atoms with van der Waals surface area (Å²) in [4.78, 5) is 21.4. The van der Waals surface area contributed by atoms with Gasteiger partial charge in [-0.3, -0.25) is 9.48 Å². The standard InChI is InChI=1S/C25H24ClF2N11O2/c1-36-9-5-16(6-10-36)39-33-21(32-35-39)14-37-13-19(31-24(40)18-12-30-38-8-2-7-29-23(18)38)22(34-37)17-11-15(26)3-4-20(17)41-25(27)28/h2-4,7-8,11-13,16,25H,5-6,9-10,14H2,1H3,(H,31,40). The number of aromatic nitrogens is 9. The van der Waals surface area contributed by atoms with E-state index in [4.69, 9.17) is 16.3 Å². The smallest absolute Gasteiger partial charge is 0.387 e. The van der Waals surface area contributed by atoms with E-state index < -0.39 is 12.5 Å². The number of amides is 1. The van der Waals surface area contributed by atoms with E-state index in [1.807, 2.05) is 0 Å². The summed E-state index contributed by atoms with van der Waals surface area (Å²) < 4.78 is 34.2. The molecule has 6 rings (SSSR count). The molecule has 1 fully saturated rings. The van der Waals surface area contributed by atoms with Crippen molar-refractivity contribution in [2.75, 3.05) is 25.5 Å². The molecule has 1 saturated heterocycles. The summed E-state index contributed by atoms with van der Waals surface area (Å²) >= 11 is 6.21. The maximum absolute atomic E-state index is 13.3. The number of fused-ring (bicyclic) bond motifs is 1. The van der Waals surface area contributed by atoms with Crippen LogP contribution in [0.1, 0.15) is 35.1 Å². The van der Waals surface area contributed by atoms with E-state index in [-0.39, 0.29) is 45.9 Å². The first-order valence-corrected chi connectivity index (χ1v) is 13.1. The predicted octanol–water partition coefficient (Wildman–Crippen LogP) is 3.40. The molecule has 13 nitrogen and oxygen atoms in total. The van der Waals surface area contributed by atoms with E-state index in [1.54, 1.807) is 29.5 Å². The van der Waals surface area contributed by atoms with Crippen LogP contribution in [0.25, 0.3) is 16.9 Å². The molecule has 1 aliphatic rings. The quantitative estimate of drug-likeness (QED) is 0.292. The van der Waals surface area contributed by atoms with Crippen molar-refractivity contribution in [3.63, 3.8) is 0 Å². The molecule has 0 radical (unpaired) electrons. The van der Waals surface area contributed by atoms with Crippen LogP contribution in [0.15, 0.2) is 49.1 Å². The van der Waals surface area contributed by atoms with Crippen LogP contribution in [0.4, 0.5) is 14.5 Å². The summed E-state index contributed by atoms with van der Waals surface area (Å²) in [6.45, 7) is -1.09. The topological polar surface area (TPSA) is 133 Å². The predicted molar refractivity (Wildman–Crippen MR) is 143 cm³/mol. The van der Waals surface area contributed by atoms with Gasteiger partial charge in [0.15, 0.2) is 11.5 Å². The lowest BCUT2D eigenvalue weighted by Gasteiger charge is -2.27. The first-order chi connectivity index (χ1) is 19.8. The van der Waals surface area contributed by atoms with Crippen LogP contribution in [0.2, 0.25) is 5.02 Å². The number of likely N-dealkylation sites (tertiary alicyclic amines) is 1. The Labute approximate surface area is 236 Å². The zero-order chi connectivity index (χ0) is 28.5. The maximum Gasteiger partial charge on any atom is 0.387 e. The van der Waals surface area contributed by atoms with Crippen molar-refractivity contribution in [3.8, 4) is 17.0 Å². The van der Waals surface area contributed by atoms with E-state index in [9.17, 15) is 13.6 Å². The number of anilines is 1. The molecule has 0 spiro atoms. The fraction of sp³-hybridized carbons (Fsp3) is 0.320. The highest BCUT2D eigenvalue weighted by Crippen LogP contribution is 2.37. The number of carbonyl (C=O) groups is 1. The van der Waals surface area contributed by atoms with Gasteiger partial charge in [0.25, 0.3) is 5.91 Å². The Balaban J connectivity index is 1.34. The summed E-state index contributed by atoms with van der Waals surface area (Å²) in [7, 11) is 2.08. The molecular weight excluding hydrogens is 560 g/mol. The van der Waals surface area contributed by atoms with Crippen molar-refractivity contribution in [1.82, 2.24) is 49.5 Å². The Bertz CT molecular complexity index is 1690. The molecule has 4 aromatic heterocycles. The third-order valence-corrected chi connectivity index (χ3v) is 6.97. The van der Waals surface area contributed by atoms with Crippen molar-refractivity contribution in [2.24, 2.45) is 0 Å². The summed E-state index contributed by atoms with van der Waals surface area (Å²) in [6.07, 6.45) is 7.97. The monoisotopic (exact) mass is 583 g/mol. The molecule has 1 N–H and O–H groups in total. The largest absolute Gasteiger partial charge is 0.434 e. The van der Waals surface area contributed by atoms with Gasteiger partial charge < -0.3 is 15.0 Å². The highest BCUT2D eigenvalue weighted by molar-refractivity contribution is 6.31. The van der Waals surface area contributed by atoms with Crippen LogP contribution in [0, 0.1) is 0 Å². The Morgan fingerprint density at radius 2 is 2.07 bits per heavy atom. The zero-order valence-electron chi connectivity index (χ0n) is 21.7. The average Bonchev–Trinajstić information content (AvgIpc) is 3.69. The molecule has 1 aromatic carbocycles. The number of hydrogen-bond acceptors (Lipinski definition) is 9. The Morgan fingerprint density at radius 1 is 1.24 bits per heavy atom. The van der Waals surface area contributed by atoms with Crippen molar-refractivity contribution in [2.45, 2.75) is 32.0 Å². The summed E-state index contributed by atoms with van der Waals surface area (Å²) in [5.74, 6) is -0.281. The molecule has 0 saturated carbocycles. The maximum atomic E-state index is 13.3. The molecule has 0 aliphatic carbocycles. The Hall–Kier alpha value is -4.50. The lowest BCUT2D eigenvalue weighted by atomic mass is 10.1. The van der Waals surface area contributed by atoms with Crippen LogP contribution >= 0.6 is 11.6 Å². The van der Waals surface area contributed by atoms with E-state index >= 15 is 0 Å². The molecule has 16 heteroatoms. The molecule has 0 atom stereocenters. The van der Waals surface area contributed by atoms with Crippen LogP contribution in [0.3, 0.4) is 0 Å². The number of tetrazole rings is 1. The molecule has 5 aromatic rings. The summed E-state index contributed by atoms with van der Waals surface area (Å²) in [5.41, 5.74) is 1.09.